The Hall–Kier alpha value is -1.69. The number of rotatable bonds is 2. The van der Waals surface area contributed by atoms with Gasteiger partial charge in [-0.2, -0.15) is 0 Å². The molecule has 1 N–H and O–H groups in total. The summed E-state index contributed by atoms with van der Waals surface area (Å²) in [6.07, 6.45) is 0.148. The summed E-state index contributed by atoms with van der Waals surface area (Å²) >= 11 is 5.73. The lowest BCUT2D eigenvalue weighted by Gasteiger charge is -2.14. The predicted octanol–water partition coefficient (Wildman–Crippen LogP) is 1.41. The Balaban J connectivity index is 2.29. The molecule has 1 aliphatic heterocycles. The molecule has 17 heavy (non-hydrogen) atoms. The number of carboxylic acids is 1. The molecule has 2 rings (SSSR count). The Morgan fingerprint density at radius 2 is 2.29 bits per heavy atom. The van der Waals surface area contributed by atoms with Gasteiger partial charge < -0.3 is 9.94 Å². The van der Waals surface area contributed by atoms with Crippen LogP contribution in [0.5, 0.6) is 0 Å². The molecule has 0 fully saturated rings. The molecule has 7 heteroatoms. The Kier molecular flexibility index (Phi) is 2.74. The molecular formula is C10H10ClN3O3. The first-order valence-corrected chi connectivity index (χ1v) is 5.28. The smallest absolute Gasteiger partial charge is 0.351 e. The molecular weight excluding hydrogens is 246 g/mol. The van der Waals surface area contributed by atoms with E-state index >= 15 is 0 Å². The van der Waals surface area contributed by atoms with Crippen LogP contribution in [0.4, 0.5) is 0 Å². The molecule has 2 heterocycles. The van der Waals surface area contributed by atoms with Crippen molar-refractivity contribution in [1.82, 2.24) is 9.97 Å². The van der Waals surface area contributed by atoms with E-state index in [1.54, 1.807) is 13.0 Å². The first-order valence-electron chi connectivity index (χ1n) is 4.91. The number of hydrogen-bond donors (Lipinski definition) is 1. The highest BCUT2D eigenvalue weighted by molar-refractivity contribution is 6.28. The molecule has 1 atom stereocenters. The molecule has 0 aromatic carbocycles. The number of carbonyl (C=O) groups is 1. The van der Waals surface area contributed by atoms with E-state index in [0.717, 1.165) is 0 Å². The summed E-state index contributed by atoms with van der Waals surface area (Å²) < 4.78 is 0. The van der Waals surface area contributed by atoms with Crippen molar-refractivity contribution in [1.29, 1.82) is 0 Å². The molecule has 6 nitrogen and oxygen atoms in total. The van der Waals surface area contributed by atoms with Gasteiger partial charge in [0.1, 0.15) is 5.71 Å². The number of aryl methyl sites for hydroxylation is 1. The van der Waals surface area contributed by atoms with E-state index in [4.69, 9.17) is 21.5 Å². The van der Waals surface area contributed by atoms with Crippen LogP contribution >= 0.6 is 11.6 Å². The summed E-state index contributed by atoms with van der Waals surface area (Å²) in [5.41, 5.74) is 0.308. The Morgan fingerprint density at radius 3 is 2.82 bits per heavy atom. The van der Waals surface area contributed by atoms with Gasteiger partial charge in [-0.3, -0.25) is 0 Å². The third-order valence-electron chi connectivity index (χ3n) is 2.44. The number of hydrogen-bond acceptors (Lipinski definition) is 5. The van der Waals surface area contributed by atoms with Crippen molar-refractivity contribution in [3.63, 3.8) is 0 Å². The fourth-order valence-corrected chi connectivity index (χ4v) is 1.70. The molecule has 1 aliphatic rings. The SMILES string of the molecule is Cc1cc(C2=NOC(C)(C(=O)O)C2)nc(Cl)n1. The molecule has 0 spiro atoms. The lowest BCUT2D eigenvalue weighted by Crippen LogP contribution is -2.35. The van der Waals surface area contributed by atoms with Gasteiger partial charge in [-0.15, -0.1) is 0 Å². The van der Waals surface area contributed by atoms with Crippen LogP contribution in [-0.2, 0) is 9.63 Å². The number of aromatic nitrogens is 2. The van der Waals surface area contributed by atoms with Crippen molar-refractivity contribution in [2.45, 2.75) is 25.9 Å². The van der Waals surface area contributed by atoms with Gasteiger partial charge in [0.2, 0.25) is 10.9 Å². The number of nitrogens with zero attached hydrogens (tertiary/aromatic N) is 3. The van der Waals surface area contributed by atoms with Crippen molar-refractivity contribution in [3.05, 3.63) is 22.7 Å². The molecule has 0 saturated heterocycles. The summed E-state index contributed by atoms with van der Waals surface area (Å²) in [5.74, 6) is -1.06. The van der Waals surface area contributed by atoms with Gasteiger partial charge in [-0.05, 0) is 31.5 Å². The first kappa shape index (κ1) is 11.8. The summed E-state index contributed by atoms with van der Waals surface area (Å²) in [4.78, 5) is 23.8. The average Bonchev–Trinajstić information content (AvgIpc) is 2.61. The van der Waals surface area contributed by atoms with Crippen LogP contribution < -0.4 is 0 Å². The van der Waals surface area contributed by atoms with E-state index in [1.807, 2.05) is 0 Å². The summed E-state index contributed by atoms with van der Waals surface area (Å²) in [7, 11) is 0. The van der Waals surface area contributed by atoms with E-state index in [1.165, 1.54) is 6.92 Å². The third kappa shape index (κ3) is 2.21. The van der Waals surface area contributed by atoms with E-state index in [9.17, 15) is 4.79 Å². The molecule has 0 saturated carbocycles. The van der Waals surface area contributed by atoms with Crippen molar-refractivity contribution in [2.24, 2.45) is 5.16 Å². The monoisotopic (exact) mass is 255 g/mol. The molecule has 0 amide bonds. The summed E-state index contributed by atoms with van der Waals surface area (Å²) in [6.45, 7) is 3.23. The maximum absolute atomic E-state index is 11.0. The van der Waals surface area contributed by atoms with Crippen molar-refractivity contribution >= 4 is 23.3 Å². The standard InChI is InChI=1S/C10H10ClN3O3/c1-5-3-6(13-9(11)12-5)7-4-10(2,8(15)16)17-14-7/h3H,4H2,1-2H3,(H,15,16). The molecule has 1 aromatic heterocycles. The minimum atomic E-state index is -1.33. The maximum atomic E-state index is 11.0. The van der Waals surface area contributed by atoms with Gasteiger partial charge in [0.15, 0.2) is 0 Å². The maximum Gasteiger partial charge on any atom is 0.351 e. The molecule has 1 aromatic rings. The first-order chi connectivity index (χ1) is 7.90. The summed E-state index contributed by atoms with van der Waals surface area (Å²) in [6, 6.07) is 1.68. The van der Waals surface area contributed by atoms with Crippen molar-refractivity contribution in [2.75, 3.05) is 0 Å². The molecule has 0 radical (unpaired) electrons. The Morgan fingerprint density at radius 1 is 1.59 bits per heavy atom. The minimum Gasteiger partial charge on any atom is -0.478 e. The topological polar surface area (TPSA) is 84.7 Å². The zero-order chi connectivity index (χ0) is 12.6. The van der Waals surface area contributed by atoms with Crippen LogP contribution in [-0.4, -0.2) is 32.4 Å². The zero-order valence-corrected chi connectivity index (χ0v) is 10.0. The van der Waals surface area contributed by atoms with Gasteiger partial charge in [-0.25, -0.2) is 14.8 Å². The van der Waals surface area contributed by atoms with Gasteiger partial charge in [0, 0.05) is 12.1 Å². The van der Waals surface area contributed by atoms with Crippen molar-refractivity contribution in [3.8, 4) is 0 Å². The van der Waals surface area contributed by atoms with E-state index in [-0.39, 0.29) is 11.7 Å². The largest absolute Gasteiger partial charge is 0.478 e. The quantitative estimate of drug-likeness (QED) is 0.808. The third-order valence-corrected chi connectivity index (χ3v) is 2.61. The lowest BCUT2D eigenvalue weighted by molar-refractivity contribution is -0.160. The Labute approximate surface area is 102 Å². The average molecular weight is 256 g/mol. The fraction of sp³-hybridized carbons (Fsp3) is 0.400. The molecule has 0 aliphatic carbocycles. The van der Waals surface area contributed by atoms with Gasteiger partial charge in [0.25, 0.3) is 0 Å². The normalized spacial score (nSPS) is 23.1. The molecule has 1 unspecified atom stereocenters. The fourth-order valence-electron chi connectivity index (χ4n) is 1.47. The van der Waals surface area contributed by atoms with Gasteiger partial charge in [-0.1, -0.05) is 5.16 Å². The number of halogens is 1. The van der Waals surface area contributed by atoms with Crippen LogP contribution in [0.25, 0.3) is 0 Å². The van der Waals surface area contributed by atoms with Gasteiger partial charge >= 0.3 is 5.97 Å². The van der Waals surface area contributed by atoms with Crippen LogP contribution in [0.3, 0.4) is 0 Å². The number of oxime groups is 1. The van der Waals surface area contributed by atoms with Crippen LogP contribution in [0.15, 0.2) is 11.2 Å². The van der Waals surface area contributed by atoms with Crippen molar-refractivity contribution < 1.29 is 14.7 Å². The van der Waals surface area contributed by atoms with E-state index in [0.29, 0.717) is 17.1 Å². The minimum absolute atomic E-state index is 0.103. The number of carboxylic acid groups (broad SMARTS) is 1. The number of aliphatic carboxylic acids is 1. The molecule has 0 bridgehead atoms. The Bertz CT molecular complexity index is 497. The second kappa shape index (κ2) is 3.96. The highest BCUT2D eigenvalue weighted by Gasteiger charge is 2.42. The van der Waals surface area contributed by atoms with E-state index < -0.39 is 11.6 Å². The predicted molar refractivity (Wildman–Crippen MR) is 60.1 cm³/mol. The van der Waals surface area contributed by atoms with Gasteiger partial charge in [0.05, 0.1) is 5.69 Å². The highest BCUT2D eigenvalue weighted by Crippen LogP contribution is 2.26. The second-order valence-corrected chi connectivity index (χ2v) is 4.34. The molecule has 90 valence electrons. The van der Waals surface area contributed by atoms with Crippen LogP contribution in [0.2, 0.25) is 5.28 Å². The highest BCUT2D eigenvalue weighted by atomic mass is 35.5. The lowest BCUT2D eigenvalue weighted by atomic mass is 9.98. The second-order valence-electron chi connectivity index (χ2n) is 4.01. The zero-order valence-electron chi connectivity index (χ0n) is 9.27. The van der Waals surface area contributed by atoms with Crippen LogP contribution in [0.1, 0.15) is 24.7 Å². The summed E-state index contributed by atoms with van der Waals surface area (Å²) in [5, 5.41) is 12.8. The van der Waals surface area contributed by atoms with E-state index in [2.05, 4.69) is 15.1 Å². The van der Waals surface area contributed by atoms with Crippen LogP contribution in [0, 0.1) is 6.92 Å².